The summed E-state index contributed by atoms with van der Waals surface area (Å²) >= 11 is 1.30. The molecule has 1 aromatic heterocycles. The molecule has 46 heavy (non-hydrogen) atoms. The molecule has 1 aliphatic rings. The number of amides is 2. The number of carboxylic acid groups (broad SMARTS) is 1. The average molecular weight is 669 g/mol. The standard InChI is InChI=1S/C35H49FN4O4SSi/c1-22(27-21-45-31(37)39-27)30(41)38-26-15-13-23(14-16-26)20-35(33(2,3)4)18-17-28(40(35)32(42)43)29(24-11-10-12-25(36)19-24)44-46(8,9)34(5,6)7/h10-16,19,21-22,28-29H,17-18,20H2,1-9H3,(H2,37,39)(H,38,41)(H,42,43)/t22?,28-,29-,35+/m1/s1. The largest absolute Gasteiger partial charge is 0.465 e. The third kappa shape index (κ3) is 7.31. The number of carbonyl (C=O) groups excluding carboxylic acids is 1. The Labute approximate surface area is 277 Å². The van der Waals surface area contributed by atoms with E-state index in [9.17, 15) is 19.1 Å². The number of anilines is 2. The molecular weight excluding hydrogens is 620 g/mol. The fourth-order valence-electron chi connectivity index (χ4n) is 6.21. The summed E-state index contributed by atoms with van der Waals surface area (Å²) in [6.45, 7) is 18.8. The molecule has 1 aliphatic heterocycles. The summed E-state index contributed by atoms with van der Waals surface area (Å²) in [6, 6.07) is 13.5. The molecule has 11 heteroatoms. The lowest BCUT2D eigenvalue weighted by Gasteiger charge is -2.50. The number of nitrogens with two attached hydrogens (primary N) is 1. The van der Waals surface area contributed by atoms with Crippen molar-refractivity contribution in [3.63, 3.8) is 0 Å². The number of benzene rings is 2. The first-order valence-electron chi connectivity index (χ1n) is 15.8. The predicted octanol–water partition coefficient (Wildman–Crippen LogP) is 8.84. The first-order valence-corrected chi connectivity index (χ1v) is 19.6. The van der Waals surface area contributed by atoms with Gasteiger partial charge in [-0.05, 0) is 85.1 Å². The molecule has 2 heterocycles. The van der Waals surface area contributed by atoms with Crippen molar-refractivity contribution < 1.29 is 23.5 Å². The van der Waals surface area contributed by atoms with E-state index in [0.717, 1.165) is 5.56 Å². The summed E-state index contributed by atoms with van der Waals surface area (Å²) in [7, 11) is -2.40. The zero-order valence-electron chi connectivity index (χ0n) is 28.5. The molecule has 2 aromatic carbocycles. The number of thiazole rings is 1. The average Bonchev–Trinajstić information content (AvgIpc) is 3.56. The highest BCUT2D eigenvalue weighted by Gasteiger charge is 2.58. The number of likely N-dealkylation sites (tertiary alicyclic amines) is 1. The van der Waals surface area contributed by atoms with E-state index in [1.807, 2.05) is 30.3 Å². The molecule has 3 aromatic rings. The lowest BCUT2D eigenvalue weighted by molar-refractivity contribution is -0.117. The maximum absolute atomic E-state index is 14.6. The van der Waals surface area contributed by atoms with Gasteiger partial charge >= 0.3 is 6.09 Å². The van der Waals surface area contributed by atoms with E-state index in [4.69, 9.17) is 10.2 Å². The minimum absolute atomic E-state index is 0.130. The maximum atomic E-state index is 14.6. The number of hydrogen-bond acceptors (Lipinski definition) is 6. The number of hydrogen-bond donors (Lipinski definition) is 3. The van der Waals surface area contributed by atoms with Gasteiger partial charge in [0.15, 0.2) is 13.4 Å². The normalized spacial score (nSPS) is 20.4. The van der Waals surface area contributed by atoms with Gasteiger partial charge in [0.2, 0.25) is 5.91 Å². The van der Waals surface area contributed by atoms with Crippen LogP contribution in [0.1, 0.15) is 90.2 Å². The molecule has 4 atom stereocenters. The zero-order chi connectivity index (χ0) is 34.2. The molecule has 1 unspecified atom stereocenters. The van der Waals surface area contributed by atoms with Crippen molar-refractivity contribution in [1.29, 1.82) is 0 Å². The molecule has 0 radical (unpaired) electrons. The van der Waals surface area contributed by atoms with Crippen LogP contribution in [0.3, 0.4) is 0 Å². The predicted molar refractivity (Wildman–Crippen MR) is 186 cm³/mol. The van der Waals surface area contributed by atoms with Gasteiger partial charge in [0.05, 0.1) is 29.3 Å². The van der Waals surface area contributed by atoms with Crippen LogP contribution in [0.4, 0.5) is 20.0 Å². The third-order valence-corrected chi connectivity index (χ3v) is 15.2. The first-order chi connectivity index (χ1) is 21.3. The van der Waals surface area contributed by atoms with E-state index in [1.165, 1.54) is 23.5 Å². The molecule has 0 aliphatic carbocycles. The van der Waals surface area contributed by atoms with Crippen LogP contribution in [0.25, 0.3) is 0 Å². The summed E-state index contributed by atoms with van der Waals surface area (Å²) in [5.74, 6) is -1.03. The number of carbonyl (C=O) groups is 2. The second-order valence-electron chi connectivity index (χ2n) is 15.1. The Bertz CT molecular complexity index is 1550. The Hall–Kier alpha value is -3.28. The van der Waals surface area contributed by atoms with E-state index >= 15 is 0 Å². The molecule has 1 saturated heterocycles. The van der Waals surface area contributed by atoms with Crippen LogP contribution in [0.2, 0.25) is 18.1 Å². The fourth-order valence-corrected chi connectivity index (χ4v) is 8.15. The van der Waals surface area contributed by atoms with Gasteiger partial charge in [0.1, 0.15) is 5.82 Å². The molecule has 4 N–H and O–H groups in total. The monoisotopic (exact) mass is 668 g/mol. The van der Waals surface area contributed by atoms with Crippen LogP contribution in [-0.4, -0.2) is 46.9 Å². The van der Waals surface area contributed by atoms with E-state index in [-0.39, 0.29) is 16.8 Å². The lowest BCUT2D eigenvalue weighted by atomic mass is 9.68. The number of aromatic nitrogens is 1. The zero-order valence-corrected chi connectivity index (χ0v) is 30.3. The number of nitrogen functional groups attached to an aromatic ring is 1. The topological polar surface area (TPSA) is 118 Å². The smallest absolute Gasteiger partial charge is 0.408 e. The minimum Gasteiger partial charge on any atom is -0.465 e. The summed E-state index contributed by atoms with van der Waals surface area (Å²) in [5.41, 5.74) is 7.40. The Morgan fingerprint density at radius 1 is 1.17 bits per heavy atom. The number of nitrogens with zero attached hydrogens (tertiary/aromatic N) is 2. The van der Waals surface area contributed by atoms with Gasteiger partial charge in [-0.1, -0.05) is 65.8 Å². The number of halogens is 1. The van der Waals surface area contributed by atoms with Crippen LogP contribution in [0, 0.1) is 11.2 Å². The summed E-state index contributed by atoms with van der Waals surface area (Å²) in [5, 5.41) is 15.9. The lowest BCUT2D eigenvalue weighted by Crippen LogP contribution is -2.60. The van der Waals surface area contributed by atoms with Crippen molar-refractivity contribution in [2.24, 2.45) is 5.41 Å². The van der Waals surface area contributed by atoms with Gasteiger partial charge in [0.25, 0.3) is 0 Å². The van der Waals surface area contributed by atoms with Gasteiger partial charge in [-0.15, -0.1) is 11.3 Å². The number of rotatable bonds is 9. The number of nitrogens with one attached hydrogen (secondary N) is 1. The molecule has 250 valence electrons. The Morgan fingerprint density at radius 2 is 1.83 bits per heavy atom. The molecule has 0 saturated carbocycles. The van der Waals surface area contributed by atoms with E-state index in [1.54, 1.807) is 23.3 Å². The summed E-state index contributed by atoms with van der Waals surface area (Å²) in [4.78, 5) is 32.1. The first kappa shape index (κ1) is 35.6. The highest BCUT2D eigenvalue weighted by molar-refractivity contribution is 7.13. The van der Waals surface area contributed by atoms with Crippen LogP contribution in [0.5, 0.6) is 0 Å². The molecule has 2 amide bonds. The molecule has 0 spiro atoms. The molecule has 0 bridgehead atoms. The fraction of sp³-hybridized carbons (Fsp3) is 0.514. The Kier molecular flexibility index (Phi) is 10.1. The summed E-state index contributed by atoms with van der Waals surface area (Å²) in [6.07, 6.45) is 0.0278. The highest BCUT2D eigenvalue weighted by atomic mass is 32.1. The van der Waals surface area contributed by atoms with Gasteiger partial charge in [0, 0.05) is 11.1 Å². The van der Waals surface area contributed by atoms with E-state index in [0.29, 0.717) is 41.3 Å². The van der Waals surface area contributed by atoms with E-state index < -0.39 is 43.4 Å². The van der Waals surface area contributed by atoms with Crippen molar-refractivity contribution in [3.8, 4) is 0 Å². The summed E-state index contributed by atoms with van der Waals surface area (Å²) < 4.78 is 21.6. The Balaban J connectivity index is 1.66. The Morgan fingerprint density at radius 3 is 2.35 bits per heavy atom. The van der Waals surface area contributed by atoms with Crippen molar-refractivity contribution in [2.75, 3.05) is 11.1 Å². The van der Waals surface area contributed by atoms with Crippen molar-refractivity contribution >= 4 is 42.5 Å². The molecule has 1 fully saturated rings. The van der Waals surface area contributed by atoms with Gasteiger partial charge in [-0.3, -0.25) is 9.69 Å². The van der Waals surface area contributed by atoms with Crippen LogP contribution in [-0.2, 0) is 15.6 Å². The van der Waals surface area contributed by atoms with Crippen LogP contribution < -0.4 is 11.1 Å². The van der Waals surface area contributed by atoms with Crippen LogP contribution in [0.15, 0.2) is 53.9 Å². The van der Waals surface area contributed by atoms with Gasteiger partial charge in [-0.25, -0.2) is 14.2 Å². The second kappa shape index (κ2) is 13.1. The van der Waals surface area contributed by atoms with Gasteiger partial charge in [-0.2, -0.15) is 0 Å². The van der Waals surface area contributed by atoms with Crippen LogP contribution >= 0.6 is 11.3 Å². The molecule has 8 nitrogen and oxygen atoms in total. The molecular formula is C35H49FN4O4SSi. The second-order valence-corrected chi connectivity index (χ2v) is 20.7. The third-order valence-electron chi connectivity index (χ3n) is 10.1. The van der Waals surface area contributed by atoms with Crippen molar-refractivity contribution in [1.82, 2.24) is 9.88 Å². The highest BCUT2D eigenvalue weighted by Crippen LogP contribution is 2.52. The maximum Gasteiger partial charge on any atom is 0.408 e. The quantitative estimate of drug-likeness (QED) is 0.196. The van der Waals surface area contributed by atoms with Gasteiger partial charge < -0.3 is 20.6 Å². The van der Waals surface area contributed by atoms with Crippen molar-refractivity contribution in [3.05, 3.63) is 76.5 Å². The van der Waals surface area contributed by atoms with Crippen molar-refractivity contribution in [2.45, 2.75) is 109 Å². The molecule has 4 rings (SSSR count). The minimum atomic E-state index is -2.40. The SMILES string of the molecule is CC(C(=O)Nc1ccc(C[C@]2(C(C)(C)C)CC[C@H]([C@H](O[Si](C)(C)C(C)(C)C)c3cccc(F)c3)N2C(=O)O)cc1)c1csc(N)n1. The van der Waals surface area contributed by atoms with E-state index in [2.05, 4.69) is 64.9 Å².